The van der Waals surface area contributed by atoms with Crippen LogP contribution in [0.3, 0.4) is 0 Å². The lowest BCUT2D eigenvalue weighted by molar-refractivity contribution is -0.129. The van der Waals surface area contributed by atoms with Crippen molar-refractivity contribution in [1.82, 2.24) is 20.1 Å². The van der Waals surface area contributed by atoms with Crippen LogP contribution >= 0.6 is 0 Å². The number of aromatic nitrogens is 3. The fourth-order valence-electron chi connectivity index (χ4n) is 3.03. The molecule has 1 aliphatic heterocycles. The van der Waals surface area contributed by atoms with Crippen LogP contribution in [0.4, 0.5) is 11.5 Å². The summed E-state index contributed by atoms with van der Waals surface area (Å²) in [6.45, 7) is 7.58. The molecule has 10 heteroatoms. The first-order valence-corrected chi connectivity index (χ1v) is 9.77. The molecule has 1 fully saturated rings. The van der Waals surface area contributed by atoms with Gasteiger partial charge in [-0.05, 0) is 26.0 Å². The van der Waals surface area contributed by atoms with Gasteiger partial charge in [0, 0.05) is 33.1 Å². The summed E-state index contributed by atoms with van der Waals surface area (Å²) in [5, 5.41) is 6.60. The van der Waals surface area contributed by atoms with E-state index in [1.807, 2.05) is 0 Å². The fourth-order valence-corrected chi connectivity index (χ4v) is 4.44. The van der Waals surface area contributed by atoms with Crippen LogP contribution in [0.15, 0.2) is 23.2 Å². The Bertz CT molecular complexity index is 879. The standard InChI is InChI=1S/C16H22N6O3S/c1-11-16(12(2)19-18-11)26(24,25)20-14-4-5-15(17-10-14)22-8-6-21(7-9-22)13(3)23/h4-5,10,20H,6-9H2,1-3H3,(H,18,19). The molecule has 2 aromatic rings. The highest BCUT2D eigenvalue weighted by Crippen LogP contribution is 2.22. The summed E-state index contributed by atoms with van der Waals surface area (Å²) in [6.07, 6.45) is 1.50. The Hall–Kier alpha value is -2.62. The predicted octanol–water partition coefficient (Wildman–Crippen LogP) is 0.891. The lowest BCUT2D eigenvalue weighted by Gasteiger charge is -2.34. The van der Waals surface area contributed by atoms with Crippen molar-refractivity contribution in [3.8, 4) is 0 Å². The smallest absolute Gasteiger partial charge is 0.265 e. The van der Waals surface area contributed by atoms with E-state index in [2.05, 4.69) is 24.8 Å². The Morgan fingerprint density at radius 3 is 2.38 bits per heavy atom. The molecular formula is C16H22N6O3S. The second kappa shape index (κ2) is 6.94. The first-order chi connectivity index (χ1) is 12.3. The van der Waals surface area contributed by atoms with Crippen LogP contribution in [-0.2, 0) is 14.8 Å². The number of hydrogen-bond acceptors (Lipinski definition) is 6. The maximum Gasteiger partial charge on any atom is 0.265 e. The zero-order valence-electron chi connectivity index (χ0n) is 15.0. The van der Waals surface area contributed by atoms with Crippen molar-refractivity contribution in [3.63, 3.8) is 0 Å². The number of carbonyl (C=O) groups is 1. The molecular weight excluding hydrogens is 356 g/mol. The summed E-state index contributed by atoms with van der Waals surface area (Å²) in [7, 11) is -3.73. The van der Waals surface area contributed by atoms with Crippen molar-refractivity contribution < 1.29 is 13.2 Å². The van der Waals surface area contributed by atoms with E-state index in [4.69, 9.17) is 0 Å². The van der Waals surface area contributed by atoms with Crippen LogP contribution in [0.5, 0.6) is 0 Å². The number of aryl methyl sites for hydroxylation is 2. The van der Waals surface area contributed by atoms with E-state index in [1.54, 1.807) is 37.8 Å². The molecule has 0 aliphatic carbocycles. The Labute approximate surface area is 152 Å². The van der Waals surface area contributed by atoms with Crippen LogP contribution in [0, 0.1) is 13.8 Å². The van der Waals surface area contributed by atoms with Gasteiger partial charge in [-0.3, -0.25) is 14.6 Å². The van der Waals surface area contributed by atoms with Gasteiger partial charge in [-0.25, -0.2) is 13.4 Å². The van der Waals surface area contributed by atoms with Gasteiger partial charge in [0.15, 0.2) is 0 Å². The first kappa shape index (κ1) is 18.2. The summed E-state index contributed by atoms with van der Waals surface area (Å²) in [4.78, 5) is 19.8. The third kappa shape index (κ3) is 3.64. The Balaban J connectivity index is 1.70. The van der Waals surface area contributed by atoms with Crippen molar-refractivity contribution in [1.29, 1.82) is 0 Å². The molecule has 0 unspecified atom stereocenters. The molecule has 140 valence electrons. The number of hydrogen-bond donors (Lipinski definition) is 2. The summed E-state index contributed by atoms with van der Waals surface area (Å²) in [6, 6.07) is 3.46. The molecule has 0 radical (unpaired) electrons. The zero-order valence-corrected chi connectivity index (χ0v) is 15.8. The highest BCUT2D eigenvalue weighted by Gasteiger charge is 2.23. The lowest BCUT2D eigenvalue weighted by Crippen LogP contribution is -2.48. The topological polar surface area (TPSA) is 111 Å². The van der Waals surface area contributed by atoms with Crippen molar-refractivity contribution in [2.75, 3.05) is 35.8 Å². The van der Waals surface area contributed by atoms with E-state index in [0.717, 1.165) is 5.82 Å². The molecule has 1 amide bonds. The Morgan fingerprint density at radius 1 is 1.19 bits per heavy atom. The van der Waals surface area contributed by atoms with Crippen LogP contribution in [-0.4, -0.2) is 60.6 Å². The molecule has 0 aromatic carbocycles. The third-order valence-electron chi connectivity index (χ3n) is 4.38. The SMILES string of the molecule is CC(=O)N1CCN(c2ccc(NS(=O)(=O)c3c(C)n[nH]c3C)cn2)CC1. The maximum absolute atomic E-state index is 12.5. The number of anilines is 2. The van der Waals surface area contributed by atoms with Gasteiger partial charge in [0.05, 0.1) is 23.3 Å². The molecule has 3 heterocycles. The highest BCUT2D eigenvalue weighted by molar-refractivity contribution is 7.92. The zero-order chi connectivity index (χ0) is 18.9. The molecule has 1 aliphatic rings. The normalized spacial score (nSPS) is 15.2. The number of pyridine rings is 1. The van der Waals surface area contributed by atoms with Gasteiger partial charge in [-0.2, -0.15) is 5.10 Å². The summed E-state index contributed by atoms with van der Waals surface area (Å²) < 4.78 is 27.6. The van der Waals surface area contributed by atoms with Gasteiger partial charge in [0.25, 0.3) is 10.0 Å². The van der Waals surface area contributed by atoms with Gasteiger partial charge in [0.2, 0.25) is 5.91 Å². The second-order valence-electron chi connectivity index (χ2n) is 6.27. The van der Waals surface area contributed by atoms with Crippen molar-refractivity contribution in [3.05, 3.63) is 29.7 Å². The number of H-pyrrole nitrogens is 1. The van der Waals surface area contributed by atoms with Crippen LogP contribution in [0.2, 0.25) is 0 Å². The van der Waals surface area contributed by atoms with Gasteiger partial charge in [-0.15, -0.1) is 0 Å². The first-order valence-electron chi connectivity index (χ1n) is 8.29. The average molecular weight is 378 g/mol. The molecule has 3 rings (SSSR count). The number of sulfonamides is 1. The molecule has 1 saturated heterocycles. The van der Waals surface area contributed by atoms with Gasteiger partial charge >= 0.3 is 0 Å². The Kier molecular flexibility index (Phi) is 4.86. The Morgan fingerprint density at radius 2 is 1.88 bits per heavy atom. The molecule has 26 heavy (non-hydrogen) atoms. The number of rotatable bonds is 4. The fraction of sp³-hybridized carbons (Fsp3) is 0.438. The summed E-state index contributed by atoms with van der Waals surface area (Å²) in [5.41, 5.74) is 1.29. The average Bonchev–Trinajstić information content (AvgIpc) is 2.95. The molecule has 0 saturated carbocycles. The third-order valence-corrected chi connectivity index (χ3v) is 6.02. The van der Waals surface area contributed by atoms with Crippen LogP contribution in [0.25, 0.3) is 0 Å². The number of nitrogens with one attached hydrogen (secondary N) is 2. The largest absolute Gasteiger partial charge is 0.353 e. The quantitative estimate of drug-likeness (QED) is 0.817. The van der Waals surface area contributed by atoms with E-state index >= 15 is 0 Å². The predicted molar refractivity (Wildman–Crippen MR) is 97.6 cm³/mol. The molecule has 0 spiro atoms. The molecule has 0 bridgehead atoms. The number of amides is 1. The minimum atomic E-state index is -3.73. The van der Waals surface area contributed by atoms with Crippen LogP contribution < -0.4 is 9.62 Å². The van der Waals surface area contributed by atoms with Gasteiger partial charge < -0.3 is 9.80 Å². The minimum absolute atomic E-state index is 0.0761. The maximum atomic E-state index is 12.5. The summed E-state index contributed by atoms with van der Waals surface area (Å²) >= 11 is 0. The lowest BCUT2D eigenvalue weighted by atomic mass is 10.3. The number of nitrogens with zero attached hydrogens (tertiary/aromatic N) is 4. The summed E-state index contributed by atoms with van der Waals surface area (Å²) in [5.74, 6) is 0.832. The minimum Gasteiger partial charge on any atom is -0.353 e. The van der Waals surface area contributed by atoms with E-state index in [0.29, 0.717) is 43.3 Å². The highest BCUT2D eigenvalue weighted by atomic mass is 32.2. The van der Waals surface area contributed by atoms with E-state index in [-0.39, 0.29) is 10.8 Å². The van der Waals surface area contributed by atoms with Crippen molar-refractivity contribution >= 4 is 27.4 Å². The molecule has 2 aromatic heterocycles. The van der Waals surface area contributed by atoms with E-state index < -0.39 is 10.0 Å². The number of carbonyl (C=O) groups excluding carboxylic acids is 1. The molecule has 0 atom stereocenters. The number of piperazine rings is 1. The second-order valence-corrected chi connectivity index (χ2v) is 7.89. The monoisotopic (exact) mass is 378 g/mol. The van der Waals surface area contributed by atoms with Crippen molar-refractivity contribution in [2.45, 2.75) is 25.7 Å². The van der Waals surface area contributed by atoms with E-state index in [9.17, 15) is 13.2 Å². The molecule has 2 N–H and O–H groups in total. The number of aromatic amines is 1. The van der Waals surface area contributed by atoms with Gasteiger partial charge in [0.1, 0.15) is 10.7 Å². The molecule has 9 nitrogen and oxygen atoms in total. The van der Waals surface area contributed by atoms with Gasteiger partial charge in [-0.1, -0.05) is 0 Å². The van der Waals surface area contributed by atoms with Crippen LogP contribution in [0.1, 0.15) is 18.3 Å². The van der Waals surface area contributed by atoms with Crippen molar-refractivity contribution in [2.24, 2.45) is 0 Å². The van der Waals surface area contributed by atoms with E-state index in [1.165, 1.54) is 6.20 Å².